The number of aliphatic carboxylic acids is 1. The Hall–Kier alpha value is -1.99. The van der Waals surface area contributed by atoms with E-state index in [1.807, 2.05) is 0 Å². The summed E-state index contributed by atoms with van der Waals surface area (Å²) >= 11 is 18.1. The van der Waals surface area contributed by atoms with Crippen LogP contribution >= 0.6 is 34.8 Å². The van der Waals surface area contributed by atoms with Crippen LogP contribution in [0.1, 0.15) is 35.3 Å². The molecular weight excluding hydrogens is 453 g/mol. The van der Waals surface area contributed by atoms with Crippen LogP contribution in [0, 0.1) is 0 Å². The number of ether oxygens (including phenoxy) is 2. The van der Waals surface area contributed by atoms with Crippen molar-refractivity contribution in [3.63, 3.8) is 0 Å². The molecular formula is C21H22Cl3NO5. The Morgan fingerprint density at radius 1 is 1.10 bits per heavy atom. The number of benzene rings is 2. The minimum atomic E-state index is -1.04. The lowest BCUT2D eigenvalue weighted by Crippen LogP contribution is -2.29. The lowest BCUT2D eigenvalue weighted by Gasteiger charge is -2.18. The first-order chi connectivity index (χ1) is 14.1. The molecule has 1 atom stereocenters. The standard InChI is InChI=1S/C21H22Cl3NO5/c1-11(2)30-18(21(27)28)7-12-4-5-17(29-3)13(6-12)10-25-20(26)19-15(23)8-14(22)9-16(19)24/h4-6,8-9,11,18H,7,10H2,1-3H3,(H,25,26)(H,27,28). The van der Waals surface area contributed by atoms with Gasteiger partial charge in [0.15, 0.2) is 6.10 Å². The first-order valence-corrected chi connectivity index (χ1v) is 10.2. The molecule has 0 aromatic heterocycles. The van der Waals surface area contributed by atoms with Crippen molar-refractivity contribution in [1.29, 1.82) is 0 Å². The van der Waals surface area contributed by atoms with E-state index >= 15 is 0 Å². The van der Waals surface area contributed by atoms with Crippen molar-refractivity contribution < 1.29 is 24.2 Å². The number of carbonyl (C=O) groups is 2. The van der Waals surface area contributed by atoms with E-state index in [0.29, 0.717) is 16.3 Å². The summed E-state index contributed by atoms with van der Waals surface area (Å²) in [5.74, 6) is -0.967. The van der Waals surface area contributed by atoms with E-state index in [1.165, 1.54) is 19.2 Å². The van der Waals surface area contributed by atoms with Gasteiger partial charge in [-0.15, -0.1) is 0 Å². The number of hydrogen-bond acceptors (Lipinski definition) is 4. The minimum absolute atomic E-state index is 0.119. The minimum Gasteiger partial charge on any atom is -0.496 e. The van der Waals surface area contributed by atoms with E-state index in [9.17, 15) is 14.7 Å². The van der Waals surface area contributed by atoms with Gasteiger partial charge in [-0.1, -0.05) is 46.9 Å². The van der Waals surface area contributed by atoms with E-state index in [2.05, 4.69) is 5.32 Å². The third kappa shape index (κ3) is 6.51. The number of carboxylic acids is 1. The van der Waals surface area contributed by atoms with Crippen molar-refractivity contribution >= 4 is 46.7 Å². The Morgan fingerprint density at radius 3 is 2.27 bits per heavy atom. The number of rotatable bonds is 9. The molecule has 0 spiro atoms. The van der Waals surface area contributed by atoms with Crippen LogP contribution in [-0.4, -0.2) is 36.3 Å². The van der Waals surface area contributed by atoms with Crippen molar-refractivity contribution in [3.05, 3.63) is 62.1 Å². The molecule has 162 valence electrons. The second kappa shape index (κ2) is 10.9. The molecule has 2 N–H and O–H groups in total. The molecule has 0 bridgehead atoms. The van der Waals surface area contributed by atoms with Crippen LogP contribution in [0.4, 0.5) is 0 Å². The lowest BCUT2D eigenvalue weighted by atomic mass is 10.0. The molecule has 0 heterocycles. The van der Waals surface area contributed by atoms with Gasteiger partial charge in [0.25, 0.3) is 5.91 Å². The van der Waals surface area contributed by atoms with Gasteiger partial charge in [-0.05, 0) is 37.6 Å². The maximum atomic E-state index is 12.6. The van der Waals surface area contributed by atoms with Gasteiger partial charge in [0.05, 0.1) is 28.8 Å². The van der Waals surface area contributed by atoms with E-state index in [0.717, 1.165) is 5.56 Å². The largest absolute Gasteiger partial charge is 0.496 e. The molecule has 6 nitrogen and oxygen atoms in total. The average molecular weight is 475 g/mol. The van der Waals surface area contributed by atoms with Crippen LogP contribution < -0.4 is 10.1 Å². The summed E-state index contributed by atoms with van der Waals surface area (Å²) in [7, 11) is 1.51. The van der Waals surface area contributed by atoms with E-state index in [-0.39, 0.29) is 34.7 Å². The first kappa shape index (κ1) is 24.3. The Kier molecular flexibility index (Phi) is 8.79. The van der Waals surface area contributed by atoms with Crippen molar-refractivity contribution in [3.8, 4) is 5.75 Å². The van der Waals surface area contributed by atoms with Crippen molar-refractivity contribution in [1.82, 2.24) is 5.32 Å². The van der Waals surface area contributed by atoms with Gasteiger partial charge < -0.3 is 19.9 Å². The molecule has 2 aromatic rings. The molecule has 1 amide bonds. The Bertz CT molecular complexity index is 910. The predicted molar refractivity (Wildman–Crippen MR) is 117 cm³/mol. The fourth-order valence-corrected chi connectivity index (χ4v) is 3.84. The second-order valence-corrected chi connectivity index (χ2v) is 8.04. The van der Waals surface area contributed by atoms with Crippen LogP contribution in [0.2, 0.25) is 15.1 Å². The fraction of sp³-hybridized carbons (Fsp3) is 0.333. The highest BCUT2D eigenvalue weighted by Crippen LogP contribution is 2.29. The number of methoxy groups -OCH3 is 1. The molecule has 0 aliphatic rings. The summed E-state index contributed by atoms with van der Waals surface area (Å²) in [4.78, 5) is 24.0. The molecule has 2 rings (SSSR count). The van der Waals surface area contributed by atoms with Crippen LogP contribution in [0.15, 0.2) is 30.3 Å². The number of carboxylic acid groups (broad SMARTS) is 1. The normalized spacial score (nSPS) is 12.0. The van der Waals surface area contributed by atoms with Crippen molar-refractivity contribution in [2.24, 2.45) is 0 Å². The number of nitrogens with one attached hydrogen (secondary N) is 1. The zero-order valence-corrected chi connectivity index (χ0v) is 18.9. The predicted octanol–water partition coefficient (Wildman–Crippen LogP) is 5.01. The molecule has 0 saturated carbocycles. The zero-order chi connectivity index (χ0) is 22.4. The molecule has 0 aliphatic heterocycles. The maximum Gasteiger partial charge on any atom is 0.333 e. The van der Waals surface area contributed by atoms with Gasteiger partial charge >= 0.3 is 5.97 Å². The fourth-order valence-electron chi connectivity index (χ4n) is 2.86. The third-order valence-electron chi connectivity index (χ3n) is 4.15. The second-order valence-electron chi connectivity index (χ2n) is 6.79. The molecule has 2 aromatic carbocycles. The van der Waals surface area contributed by atoms with Gasteiger partial charge in [-0.25, -0.2) is 4.79 Å². The topological polar surface area (TPSA) is 84.9 Å². The molecule has 0 saturated heterocycles. The number of halogens is 3. The van der Waals surface area contributed by atoms with Gasteiger partial charge in [-0.2, -0.15) is 0 Å². The van der Waals surface area contributed by atoms with E-state index in [4.69, 9.17) is 44.3 Å². The lowest BCUT2D eigenvalue weighted by molar-refractivity contribution is -0.153. The van der Waals surface area contributed by atoms with Crippen LogP contribution in [0.5, 0.6) is 5.75 Å². The zero-order valence-electron chi connectivity index (χ0n) is 16.7. The molecule has 30 heavy (non-hydrogen) atoms. The maximum absolute atomic E-state index is 12.6. The molecule has 0 aliphatic carbocycles. The highest BCUT2D eigenvalue weighted by molar-refractivity contribution is 6.42. The van der Waals surface area contributed by atoms with E-state index < -0.39 is 18.0 Å². The highest BCUT2D eigenvalue weighted by Gasteiger charge is 2.21. The van der Waals surface area contributed by atoms with Crippen LogP contribution in [0.25, 0.3) is 0 Å². The van der Waals surface area contributed by atoms with Crippen molar-refractivity contribution in [2.75, 3.05) is 7.11 Å². The van der Waals surface area contributed by atoms with Crippen LogP contribution in [-0.2, 0) is 22.5 Å². The van der Waals surface area contributed by atoms with E-state index in [1.54, 1.807) is 32.0 Å². The summed E-state index contributed by atoms with van der Waals surface area (Å²) in [6.45, 7) is 3.67. The summed E-state index contributed by atoms with van der Waals surface area (Å²) in [6, 6.07) is 8.12. The summed E-state index contributed by atoms with van der Waals surface area (Å²) < 4.78 is 10.8. The molecule has 0 radical (unpaired) electrons. The first-order valence-electron chi connectivity index (χ1n) is 9.09. The van der Waals surface area contributed by atoms with Crippen molar-refractivity contribution in [2.45, 2.75) is 39.0 Å². The smallest absolute Gasteiger partial charge is 0.333 e. The summed E-state index contributed by atoms with van der Waals surface area (Å²) in [6.07, 6.45) is -1.03. The summed E-state index contributed by atoms with van der Waals surface area (Å²) in [5.41, 5.74) is 1.52. The monoisotopic (exact) mass is 473 g/mol. The quantitative estimate of drug-likeness (QED) is 0.534. The Balaban J connectivity index is 2.20. The number of carbonyl (C=O) groups excluding carboxylic acids is 1. The SMILES string of the molecule is COc1ccc(CC(OC(C)C)C(=O)O)cc1CNC(=O)c1c(Cl)cc(Cl)cc1Cl. The van der Waals surface area contributed by atoms with Gasteiger partial charge in [-0.3, -0.25) is 4.79 Å². The van der Waals surface area contributed by atoms with Gasteiger partial charge in [0.1, 0.15) is 5.75 Å². The van der Waals surface area contributed by atoms with Gasteiger partial charge in [0, 0.05) is 23.6 Å². The average Bonchev–Trinajstić information content (AvgIpc) is 2.64. The molecule has 1 unspecified atom stereocenters. The highest BCUT2D eigenvalue weighted by atomic mass is 35.5. The number of hydrogen-bond donors (Lipinski definition) is 2. The molecule has 9 heteroatoms. The van der Waals surface area contributed by atoms with Gasteiger partial charge in [0.2, 0.25) is 0 Å². The Morgan fingerprint density at radius 2 is 1.73 bits per heavy atom. The van der Waals surface area contributed by atoms with Crippen LogP contribution in [0.3, 0.4) is 0 Å². The number of amides is 1. The third-order valence-corrected chi connectivity index (χ3v) is 4.97. The Labute approximate surface area is 190 Å². The molecule has 0 fully saturated rings. The summed E-state index contributed by atoms with van der Waals surface area (Å²) in [5, 5.41) is 12.7.